The summed E-state index contributed by atoms with van der Waals surface area (Å²) in [4.78, 5) is 11.7. The van der Waals surface area contributed by atoms with E-state index in [1.165, 1.54) is 7.11 Å². The predicted molar refractivity (Wildman–Crippen MR) is 60.1 cm³/mol. The SMILES string of the molecule is COc1ccc(Br)cc1C(=O)C(O)CN. The van der Waals surface area contributed by atoms with Crippen LogP contribution in [0, 0.1) is 0 Å². The summed E-state index contributed by atoms with van der Waals surface area (Å²) in [7, 11) is 1.47. The Morgan fingerprint density at radius 1 is 1.67 bits per heavy atom. The zero-order valence-corrected chi connectivity index (χ0v) is 9.82. The highest BCUT2D eigenvalue weighted by molar-refractivity contribution is 9.10. The molecule has 0 aliphatic carbocycles. The van der Waals surface area contributed by atoms with Crippen molar-refractivity contribution in [1.29, 1.82) is 0 Å². The van der Waals surface area contributed by atoms with Crippen molar-refractivity contribution in [3.63, 3.8) is 0 Å². The number of benzene rings is 1. The fourth-order valence-corrected chi connectivity index (χ4v) is 1.52. The van der Waals surface area contributed by atoms with Crippen molar-refractivity contribution in [2.75, 3.05) is 13.7 Å². The summed E-state index contributed by atoms with van der Waals surface area (Å²) in [5.41, 5.74) is 5.54. The van der Waals surface area contributed by atoms with Crippen LogP contribution in [0.3, 0.4) is 0 Å². The molecule has 1 aromatic carbocycles. The van der Waals surface area contributed by atoms with Gasteiger partial charge in [0.1, 0.15) is 11.9 Å². The fourth-order valence-electron chi connectivity index (χ4n) is 1.16. The molecule has 1 aromatic rings. The maximum absolute atomic E-state index is 11.7. The number of nitrogens with two attached hydrogens (primary N) is 1. The molecule has 1 atom stereocenters. The molecule has 15 heavy (non-hydrogen) atoms. The molecule has 0 aliphatic rings. The van der Waals surface area contributed by atoms with Crippen LogP contribution in [0.1, 0.15) is 10.4 Å². The monoisotopic (exact) mass is 273 g/mol. The number of aliphatic hydroxyl groups excluding tert-OH is 1. The maximum atomic E-state index is 11.7. The number of Topliss-reactive ketones (excluding diaryl/α,β-unsaturated/α-hetero) is 1. The van der Waals surface area contributed by atoms with Crippen molar-refractivity contribution < 1.29 is 14.6 Å². The summed E-state index contributed by atoms with van der Waals surface area (Å²) in [6.07, 6.45) is -1.19. The van der Waals surface area contributed by atoms with E-state index in [1.807, 2.05) is 0 Å². The fraction of sp³-hybridized carbons (Fsp3) is 0.300. The molecule has 0 spiro atoms. The minimum Gasteiger partial charge on any atom is -0.496 e. The van der Waals surface area contributed by atoms with Crippen molar-refractivity contribution in [3.8, 4) is 5.75 Å². The van der Waals surface area contributed by atoms with E-state index in [2.05, 4.69) is 15.9 Å². The molecule has 5 heteroatoms. The Morgan fingerprint density at radius 2 is 2.33 bits per heavy atom. The Hall–Kier alpha value is -0.910. The number of methoxy groups -OCH3 is 1. The second kappa shape index (κ2) is 5.25. The molecule has 0 fully saturated rings. The van der Waals surface area contributed by atoms with Gasteiger partial charge in [0.2, 0.25) is 0 Å². The Morgan fingerprint density at radius 3 is 2.87 bits per heavy atom. The molecular formula is C10H12BrNO3. The van der Waals surface area contributed by atoms with Gasteiger partial charge in [0, 0.05) is 11.0 Å². The van der Waals surface area contributed by atoms with Crippen molar-refractivity contribution >= 4 is 21.7 Å². The van der Waals surface area contributed by atoms with Gasteiger partial charge in [0.15, 0.2) is 5.78 Å². The number of rotatable bonds is 4. The zero-order valence-electron chi connectivity index (χ0n) is 8.24. The standard InChI is InChI=1S/C10H12BrNO3/c1-15-9-3-2-6(11)4-7(9)10(14)8(13)5-12/h2-4,8,13H,5,12H2,1H3. The van der Waals surface area contributed by atoms with Gasteiger partial charge >= 0.3 is 0 Å². The molecule has 0 heterocycles. The van der Waals surface area contributed by atoms with Crippen molar-refractivity contribution in [3.05, 3.63) is 28.2 Å². The Labute approximate surface area is 96.2 Å². The van der Waals surface area contributed by atoms with Crippen LogP contribution in [-0.2, 0) is 0 Å². The van der Waals surface area contributed by atoms with E-state index in [9.17, 15) is 9.90 Å². The second-order valence-corrected chi connectivity index (χ2v) is 3.88. The van der Waals surface area contributed by atoms with E-state index in [1.54, 1.807) is 18.2 Å². The number of ether oxygens (including phenoxy) is 1. The molecule has 0 bridgehead atoms. The third kappa shape index (κ3) is 2.77. The molecule has 0 saturated carbocycles. The number of hydrogen-bond donors (Lipinski definition) is 2. The van der Waals surface area contributed by atoms with Gasteiger partial charge in [-0.15, -0.1) is 0 Å². The third-order valence-corrected chi connectivity index (χ3v) is 2.45. The van der Waals surface area contributed by atoms with Crippen LogP contribution in [0.15, 0.2) is 22.7 Å². The summed E-state index contributed by atoms with van der Waals surface area (Å²) >= 11 is 3.24. The number of aliphatic hydroxyl groups is 1. The van der Waals surface area contributed by atoms with Gasteiger partial charge in [0.05, 0.1) is 12.7 Å². The molecule has 0 aliphatic heterocycles. The first-order valence-corrected chi connectivity index (χ1v) is 5.15. The Balaban J connectivity index is 3.11. The second-order valence-electron chi connectivity index (χ2n) is 2.96. The summed E-state index contributed by atoms with van der Waals surface area (Å²) in [6, 6.07) is 5.01. The van der Waals surface area contributed by atoms with E-state index in [0.29, 0.717) is 11.3 Å². The first-order chi connectivity index (χ1) is 7.10. The minimum atomic E-state index is -1.19. The highest BCUT2D eigenvalue weighted by Gasteiger charge is 2.19. The van der Waals surface area contributed by atoms with E-state index in [4.69, 9.17) is 10.5 Å². The van der Waals surface area contributed by atoms with Gasteiger partial charge < -0.3 is 15.6 Å². The van der Waals surface area contributed by atoms with Gasteiger partial charge in [-0.2, -0.15) is 0 Å². The minimum absolute atomic E-state index is 0.103. The van der Waals surface area contributed by atoms with Crippen LogP contribution >= 0.6 is 15.9 Å². The summed E-state index contributed by atoms with van der Waals surface area (Å²) in [5.74, 6) is -0.00801. The Kier molecular flexibility index (Phi) is 4.26. The van der Waals surface area contributed by atoms with Crippen molar-refractivity contribution in [2.45, 2.75) is 6.10 Å². The van der Waals surface area contributed by atoms with Crippen LogP contribution < -0.4 is 10.5 Å². The lowest BCUT2D eigenvalue weighted by Crippen LogP contribution is -2.29. The van der Waals surface area contributed by atoms with Gasteiger partial charge in [-0.3, -0.25) is 4.79 Å². The van der Waals surface area contributed by atoms with E-state index < -0.39 is 11.9 Å². The van der Waals surface area contributed by atoms with Crippen LogP contribution in [-0.4, -0.2) is 30.6 Å². The third-order valence-electron chi connectivity index (χ3n) is 1.95. The number of hydrogen-bond acceptors (Lipinski definition) is 4. The molecule has 1 rings (SSSR count). The lowest BCUT2D eigenvalue weighted by Gasteiger charge is -2.10. The van der Waals surface area contributed by atoms with Gasteiger partial charge in [0.25, 0.3) is 0 Å². The van der Waals surface area contributed by atoms with E-state index in [0.717, 1.165) is 4.47 Å². The lowest BCUT2D eigenvalue weighted by molar-refractivity contribution is 0.0759. The molecule has 0 saturated heterocycles. The molecule has 0 amide bonds. The first-order valence-electron chi connectivity index (χ1n) is 4.36. The molecule has 1 unspecified atom stereocenters. The summed E-state index contributed by atoms with van der Waals surface area (Å²) in [5, 5.41) is 9.35. The largest absolute Gasteiger partial charge is 0.496 e. The van der Waals surface area contributed by atoms with Gasteiger partial charge in [-0.05, 0) is 18.2 Å². The molecule has 0 aromatic heterocycles. The normalized spacial score (nSPS) is 12.3. The highest BCUT2D eigenvalue weighted by Crippen LogP contribution is 2.24. The summed E-state index contributed by atoms with van der Waals surface area (Å²) in [6.45, 7) is -0.103. The lowest BCUT2D eigenvalue weighted by atomic mass is 10.1. The molecule has 0 radical (unpaired) electrons. The smallest absolute Gasteiger partial charge is 0.196 e. The first kappa shape index (κ1) is 12.2. The number of carbonyl (C=O) groups excluding carboxylic acids is 1. The molecule has 82 valence electrons. The average Bonchev–Trinajstić information content (AvgIpc) is 2.27. The quantitative estimate of drug-likeness (QED) is 0.802. The Bertz CT molecular complexity index is 368. The topological polar surface area (TPSA) is 72.5 Å². The summed E-state index contributed by atoms with van der Waals surface area (Å²) < 4.78 is 5.77. The molecule has 4 nitrogen and oxygen atoms in total. The van der Waals surface area contributed by atoms with E-state index >= 15 is 0 Å². The van der Waals surface area contributed by atoms with Crippen molar-refractivity contribution in [1.82, 2.24) is 0 Å². The average molecular weight is 274 g/mol. The molecule has 3 N–H and O–H groups in total. The number of halogens is 1. The zero-order chi connectivity index (χ0) is 11.4. The van der Waals surface area contributed by atoms with Crippen molar-refractivity contribution in [2.24, 2.45) is 5.73 Å². The predicted octanol–water partition coefficient (Wildman–Crippen LogP) is 0.960. The number of carbonyl (C=O) groups is 1. The van der Waals surface area contributed by atoms with Crippen LogP contribution in [0.5, 0.6) is 5.75 Å². The number of ketones is 1. The van der Waals surface area contributed by atoms with Gasteiger partial charge in [-0.25, -0.2) is 0 Å². The van der Waals surface area contributed by atoms with Crippen LogP contribution in [0.25, 0.3) is 0 Å². The van der Waals surface area contributed by atoms with Gasteiger partial charge in [-0.1, -0.05) is 15.9 Å². The van der Waals surface area contributed by atoms with E-state index in [-0.39, 0.29) is 6.54 Å². The highest BCUT2D eigenvalue weighted by atomic mass is 79.9. The maximum Gasteiger partial charge on any atom is 0.196 e. The van der Waals surface area contributed by atoms with Crippen LogP contribution in [0.4, 0.5) is 0 Å². The molecular weight excluding hydrogens is 262 g/mol. The van der Waals surface area contributed by atoms with Crippen LogP contribution in [0.2, 0.25) is 0 Å².